The summed E-state index contributed by atoms with van der Waals surface area (Å²) in [5.41, 5.74) is 3.07. The molecule has 4 heteroatoms. The first-order valence-electron chi connectivity index (χ1n) is 4.91. The third-order valence-electron chi connectivity index (χ3n) is 2.40. The number of aryl methyl sites for hydroxylation is 1. The van der Waals surface area contributed by atoms with Gasteiger partial charge in [-0.1, -0.05) is 36.0 Å². The van der Waals surface area contributed by atoms with Crippen molar-refractivity contribution >= 4 is 23.8 Å². The summed E-state index contributed by atoms with van der Waals surface area (Å²) in [6, 6.07) is 7.66. The van der Waals surface area contributed by atoms with Gasteiger partial charge < -0.3 is 4.98 Å². The zero-order valence-corrected chi connectivity index (χ0v) is 10.6. The molecule has 0 unspecified atom stereocenters. The predicted molar refractivity (Wildman–Crippen MR) is 69.3 cm³/mol. The van der Waals surface area contributed by atoms with Gasteiger partial charge in [0.1, 0.15) is 10.5 Å². The minimum Gasteiger partial charge on any atom is -0.343 e. The summed E-state index contributed by atoms with van der Waals surface area (Å²) in [5.74, 6) is 0.820. The normalized spacial score (nSPS) is 10.4. The lowest BCUT2D eigenvalue weighted by molar-refractivity contribution is 1.02. The average Bonchev–Trinajstić information content (AvgIpc) is 2.25. The van der Waals surface area contributed by atoms with Crippen LogP contribution in [0.15, 0.2) is 24.3 Å². The van der Waals surface area contributed by atoms with E-state index in [2.05, 4.69) is 9.97 Å². The van der Waals surface area contributed by atoms with E-state index < -0.39 is 0 Å². The number of nitrogens with one attached hydrogen (secondary N) is 1. The standard InChI is InChI=1S/C12H11ClN2S/c1-7-11(14-8(2)15-12(7)16)9-3-5-10(13)6-4-9/h3-6H,1-2H3,(H,14,15,16). The zero-order chi connectivity index (χ0) is 11.7. The number of hydrogen-bond acceptors (Lipinski definition) is 2. The Morgan fingerprint density at radius 1 is 1.19 bits per heavy atom. The average molecular weight is 251 g/mol. The monoisotopic (exact) mass is 250 g/mol. The van der Waals surface area contributed by atoms with Crippen LogP contribution in [0.2, 0.25) is 5.02 Å². The molecule has 2 rings (SSSR count). The number of hydrogen-bond donors (Lipinski definition) is 1. The number of rotatable bonds is 1. The number of halogens is 1. The first-order chi connectivity index (χ1) is 7.58. The lowest BCUT2D eigenvalue weighted by atomic mass is 10.1. The summed E-state index contributed by atoms with van der Waals surface area (Å²) in [5, 5.41) is 0.728. The molecular formula is C12H11ClN2S. The van der Waals surface area contributed by atoms with Crippen LogP contribution in [0.4, 0.5) is 0 Å². The Balaban J connectivity index is 2.64. The highest BCUT2D eigenvalue weighted by Crippen LogP contribution is 2.23. The second kappa shape index (κ2) is 4.36. The van der Waals surface area contributed by atoms with E-state index >= 15 is 0 Å². The minimum absolute atomic E-state index is 0.640. The van der Waals surface area contributed by atoms with E-state index in [1.165, 1.54) is 0 Å². The molecule has 0 bridgehead atoms. The van der Waals surface area contributed by atoms with Gasteiger partial charge in [0.05, 0.1) is 5.69 Å². The molecule has 1 N–H and O–H groups in total. The van der Waals surface area contributed by atoms with Gasteiger partial charge in [-0.15, -0.1) is 0 Å². The summed E-state index contributed by atoms with van der Waals surface area (Å²) >= 11 is 11.1. The van der Waals surface area contributed by atoms with Crippen LogP contribution in [0.5, 0.6) is 0 Å². The maximum Gasteiger partial charge on any atom is 0.133 e. The van der Waals surface area contributed by atoms with E-state index in [4.69, 9.17) is 23.8 Å². The second-order valence-electron chi connectivity index (χ2n) is 3.63. The molecule has 0 saturated carbocycles. The van der Waals surface area contributed by atoms with Crippen molar-refractivity contribution in [1.82, 2.24) is 9.97 Å². The molecule has 1 aromatic heterocycles. The topological polar surface area (TPSA) is 28.7 Å². The smallest absolute Gasteiger partial charge is 0.133 e. The molecule has 0 saturated heterocycles. The van der Waals surface area contributed by atoms with Crippen molar-refractivity contribution in [2.24, 2.45) is 0 Å². The van der Waals surface area contributed by atoms with E-state index in [1.807, 2.05) is 38.1 Å². The molecule has 0 radical (unpaired) electrons. The zero-order valence-electron chi connectivity index (χ0n) is 9.04. The summed E-state index contributed by atoms with van der Waals surface area (Å²) in [4.78, 5) is 7.44. The summed E-state index contributed by atoms with van der Waals surface area (Å²) in [6.07, 6.45) is 0. The van der Waals surface area contributed by atoms with Crippen molar-refractivity contribution in [2.45, 2.75) is 13.8 Å². The molecule has 2 nitrogen and oxygen atoms in total. The molecular weight excluding hydrogens is 240 g/mol. The number of nitrogens with zero attached hydrogens (tertiary/aromatic N) is 1. The highest BCUT2D eigenvalue weighted by atomic mass is 35.5. The first-order valence-corrected chi connectivity index (χ1v) is 5.70. The van der Waals surface area contributed by atoms with Crippen LogP contribution in [0.3, 0.4) is 0 Å². The number of H-pyrrole nitrogens is 1. The molecule has 0 aliphatic carbocycles. The lowest BCUT2D eigenvalue weighted by Gasteiger charge is -2.07. The number of aromatic amines is 1. The van der Waals surface area contributed by atoms with Gasteiger partial charge in [0.2, 0.25) is 0 Å². The predicted octanol–water partition coefficient (Wildman–Crippen LogP) is 4.08. The third-order valence-corrected chi connectivity index (χ3v) is 3.05. The van der Waals surface area contributed by atoms with Gasteiger partial charge in [0, 0.05) is 10.6 Å². The van der Waals surface area contributed by atoms with Crippen molar-refractivity contribution < 1.29 is 0 Å². The van der Waals surface area contributed by atoms with Gasteiger partial charge in [0.25, 0.3) is 0 Å². The van der Waals surface area contributed by atoms with Crippen LogP contribution < -0.4 is 0 Å². The summed E-state index contributed by atoms with van der Waals surface area (Å²) < 4.78 is 0.640. The number of benzene rings is 1. The van der Waals surface area contributed by atoms with Gasteiger partial charge >= 0.3 is 0 Å². The van der Waals surface area contributed by atoms with Crippen molar-refractivity contribution in [1.29, 1.82) is 0 Å². The van der Waals surface area contributed by atoms with Crippen LogP contribution in [-0.2, 0) is 0 Å². The van der Waals surface area contributed by atoms with Crippen molar-refractivity contribution in [2.75, 3.05) is 0 Å². The van der Waals surface area contributed by atoms with Gasteiger partial charge in [-0.3, -0.25) is 0 Å². The summed E-state index contributed by atoms with van der Waals surface area (Å²) in [6.45, 7) is 3.86. The van der Waals surface area contributed by atoms with Crippen molar-refractivity contribution in [3.05, 3.63) is 45.3 Å². The van der Waals surface area contributed by atoms with E-state index in [0.717, 1.165) is 27.7 Å². The molecule has 1 aromatic carbocycles. The molecule has 0 aliphatic rings. The highest BCUT2D eigenvalue weighted by Gasteiger charge is 2.05. The largest absolute Gasteiger partial charge is 0.343 e. The Hall–Kier alpha value is -1.19. The summed E-state index contributed by atoms with van der Waals surface area (Å²) in [7, 11) is 0. The minimum atomic E-state index is 0.640. The lowest BCUT2D eigenvalue weighted by Crippen LogP contribution is -1.96. The van der Waals surface area contributed by atoms with Gasteiger partial charge in [0.15, 0.2) is 0 Å². The van der Waals surface area contributed by atoms with Crippen molar-refractivity contribution in [3.63, 3.8) is 0 Å². The molecule has 0 amide bonds. The van der Waals surface area contributed by atoms with Crippen LogP contribution in [-0.4, -0.2) is 9.97 Å². The van der Waals surface area contributed by atoms with E-state index in [0.29, 0.717) is 4.64 Å². The van der Waals surface area contributed by atoms with Crippen LogP contribution in [0.25, 0.3) is 11.3 Å². The fraction of sp³-hybridized carbons (Fsp3) is 0.167. The Bertz CT molecular complexity index is 573. The van der Waals surface area contributed by atoms with Crippen molar-refractivity contribution in [3.8, 4) is 11.3 Å². The van der Waals surface area contributed by atoms with Gasteiger partial charge in [-0.05, 0) is 31.5 Å². The Labute approximate surface area is 104 Å². The fourth-order valence-corrected chi connectivity index (χ4v) is 1.92. The molecule has 0 atom stereocenters. The molecule has 0 aliphatic heterocycles. The van der Waals surface area contributed by atoms with Gasteiger partial charge in [-0.25, -0.2) is 4.98 Å². The van der Waals surface area contributed by atoms with Crippen LogP contribution >= 0.6 is 23.8 Å². The fourth-order valence-electron chi connectivity index (χ4n) is 1.55. The Morgan fingerprint density at radius 3 is 2.44 bits per heavy atom. The van der Waals surface area contributed by atoms with Crippen LogP contribution in [0.1, 0.15) is 11.4 Å². The third kappa shape index (κ3) is 2.15. The van der Waals surface area contributed by atoms with Crippen LogP contribution in [0, 0.1) is 18.5 Å². The first kappa shape index (κ1) is 11.3. The van der Waals surface area contributed by atoms with E-state index in [1.54, 1.807) is 0 Å². The number of aromatic nitrogens is 2. The molecule has 1 heterocycles. The molecule has 2 aromatic rings. The maximum atomic E-state index is 5.86. The van der Waals surface area contributed by atoms with Gasteiger partial charge in [-0.2, -0.15) is 0 Å². The quantitative estimate of drug-likeness (QED) is 0.773. The second-order valence-corrected chi connectivity index (χ2v) is 4.46. The van der Waals surface area contributed by atoms with E-state index in [-0.39, 0.29) is 0 Å². The SMILES string of the molecule is Cc1nc(=S)c(C)c(-c2ccc(Cl)cc2)[nH]1. The molecule has 0 fully saturated rings. The highest BCUT2D eigenvalue weighted by molar-refractivity contribution is 7.71. The molecule has 0 spiro atoms. The van der Waals surface area contributed by atoms with E-state index in [9.17, 15) is 0 Å². The Morgan fingerprint density at radius 2 is 1.81 bits per heavy atom. The molecule has 82 valence electrons. The molecule has 16 heavy (non-hydrogen) atoms. The maximum absolute atomic E-state index is 5.86. The Kier molecular flexibility index (Phi) is 3.08.